The molecule has 24 nitrogen and oxygen atoms in total. The van der Waals surface area contributed by atoms with Gasteiger partial charge in [0.15, 0.2) is 0 Å². The van der Waals surface area contributed by atoms with Crippen molar-refractivity contribution in [2.24, 2.45) is 23.1 Å². The molecule has 2 aromatic heterocycles. The Kier molecular flexibility index (Phi) is 23.1. The van der Waals surface area contributed by atoms with Gasteiger partial charge in [-0.25, -0.2) is 14.8 Å². The highest BCUT2D eigenvalue weighted by Gasteiger charge is 2.34. The molecule has 0 saturated heterocycles. The van der Waals surface area contributed by atoms with Crippen molar-refractivity contribution >= 4 is 65.9 Å². The molecule has 8 amide bonds. The summed E-state index contributed by atoms with van der Waals surface area (Å²) < 4.78 is 0. The molecule has 0 aliphatic heterocycles. The summed E-state index contributed by atoms with van der Waals surface area (Å²) in [5, 5.41) is 27.5. The van der Waals surface area contributed by atoms with E-state index in [9.17, 15) is 48.3 Å². The van der Waals surface area contributed by atoms with Crippen molar-refractivity contribution in [3.63, 3.8) is 0 Å². The van der Waals surface area contributed by atoms with Crippen LogP contribution in [-0.4, -0.2) is 139 Å². The molecule has 0 bridgehead atoms. The Morgan fingerprint density at radius 1 is 0.632 bits per heavy atom. The number of primary amides is 1. The Morgan fingerprint density at radius 2 is 1.13 bits per heavy atom. The zero-order valence-electron chi connectivity index (χ0n) is 38.2. The minimum absolute atomic E-state index is 0.0276. The molecule has 0 unspecified atom stereocenters. The Labute approximate surface area is 398 Å². The largest absolute Gasteiger partial charge is 0.480 e. The highest BCUT2D eigenvalue weighted by molar-refractivity contribution is 7.80. The van der Waals surface area contributed by atoms with Gasteiger partial charge in [-0.2, -0.15) is 12.6 Å². The number of nitrogens with one attached hydrogen (secondary N) is 9. The number of amides is 8. The van der Waals surface area contributed by atoms with Crippen LogP contribution in [-0.2, 0) is 62.4 Å². The van der Waals surface area contributed by atoms with Gasteiger partial charge in [0.2, 0.25) is 47.3 Å². The van der Waals surface area contributed by atoms with E-state index in [1.165, 1.54) is 32.0 Å². The molecule has 68 heavy (non-hydrogen) atoms. The highest BCUT2D eigenvalue weighted by Crippen LogP contribution is 2.11. The molecular formula is C43H64N14O10S. The van der Waals surface area contributed by atoms with E-state index in [-0.39, 0.29) is 43.8 Å². The van der Waals surface area contributed by atoms with E-state index in [1.807, 2.05) is 0 Å². The maximum Gasteiger partial charge on any atom is 0.326 e. The third-order valence-corrected chi connectivity index (χ3v) is 10.7. The lowest BCUT2D eigenvalue weighted by Gasteiger charge is -2.27. The molecule has 3 aromatic rings. The summed E-state index contributed by atoms with van der Waals surface area (Å²) in [6.45, 7) is 5.29. The van der Waals surface area contributed by atoms with Gasteiger partial charge in [0.05, 0.1) is 25.1 Å². The van der Waals surface area contributed by atoms with E-state index in [2.05, 4.69) is 69.8 Å². The number of benzene rings is 1. The SMILES string of the molecule is CC(C)C[C@H](NC(=O)[C@H](Cc1ccccc1)NC(=O)[C@H](CS)NC(=O)[C@H](CC(N)=O)NC(=O)[C@@H](N)Cc1cnc[nH]1)C(=O)N[C@@H](C)C(=O)N[C@@H](Cc1cnc[nH]1)C(=O)N[C@@H](CCCCN)C(=O)O. The fourth-order valence-corrected chi connectivity index (χ4v) is 6.97. The van der Waals surface area contributed by atoms with Crippen LogP contribution in [0.25, 0.3) is 0 Å². The van der Waals surface area contributed by atoms with Gasteiger partial charge < -0.3 is 69.5 Å². The zero-order chi connectivity index (χ0) is 50.3. The lowest BCUT2D eigenvalue weighted by atomic mass is 10.0. The summed E-state index contributed by atoms with van der Waals surface area (Å²) in [7, 11) is 0. The molecule has 372 valence electrons. The van der Waals surface area contributed by atoms with Crippen LogP contribution in [0.4, 0.5) is 0 Å². The molecule has 0 aliphatic rings. The first kappa shape index (κ1) is 55.5. The van der Waals surface area contributed by atoms with Crippen molar-refractivity contribution in [3.8, 4) is 0 Å². The average Bonchev–Trinajstić information content (AvgIpc) is 4.01. The number of hydrogen-bond acceptors (Lipinski definition) is 14. The van der Waals surface area contributed by atoms with Gasteiger partial charge in [-0.3, -0.25) is 38.4 Å². The second kappa shape index (κ2) is 28.3. The van der Waals surface area contributed by atoms with Crippen LogP contribution in [0.15, 0.2) is 55.4 Å². The number of aliphatic carboxylic acids is 1. The summed E-state index contributed by atoms with van der Waals surface area (Å²) in [4.78, 5) is 133. The lowest BCUT2D eigenvalue weighted by Crippen LogP contribution is -2.61. The Hall–Kier alpha value is -6.86. The first-order valence-corrected chi connectivity index (χ1v) is 22.6. The number of nitrogens with two attached hydrogens (primary N) is 3. The van der Waals surface area contributed by atoms with E-state index in [0.29, 0.717) is 36.3 Å². The number of aromatic nitrogens is 4. The average molecular weight is 969 g/mol. The molecular weight excluding hydrogens is 905 g/mol. The van der Waals surface area contributed by atoms with E-state index >= 15 is 0 Å². The van der Waals surface area contributed by atoms with Gasteiger partial charge in [-0.1, -0.05) is 44.2 Å². The molecule has 8 atom stereocenters. The number of hydrogen-bond donors (Lipinski definition) is 14. The van der Waals surface area contributed by atoms with Crippen LogP contribution in [0.5, 0.6) is 0 Å². The topological polar surface area (TPSA) is 393 Å². The summed E-state index contributed by atoms with van der Waals surface area (Å²) in [5.74, 6) is -8.48. The standard InChI is InChI=1S/C43H64N14O10S/c1-23(2)13-30(38(61)51-24(3)36(59)53-32(16-27-19-48-22-50-27)40(63)52-29(43(66)67)11-7-8-12-44)55-39(62)31(14-25-9-5-4-6-10-25)56-42(65)34(20-68)57-41(64)33(17-35(46)58)54-37(60)28(45)15-26-18-47-21-49-26/h4-6,9-10,18-19,21-24,28-34,68H,7-8,11-17,20,44-45H2,1-3H3,(H2,46,58)(H,47,49)(H,48,50)(H,51,61)(H,52,63)(H,53,59)(H,54,60)(H,55,62)(H,56,65)(H,57,64)(H,66,67)/t24-,28-,29-,30-,31-,32-,33-,34-/m0/s1. The first-order valence-electron chi connectivity index (χ1n) is 22.0. The van der Waals surface area contributed by atoms with Crippen LogP contribution in [0.1, 0.15) is 69.8 Å². The minimum Gasteiger partial charge on any atom is -0.480 e. The molecule has 0 aliphatic carbocycles. The number of imidazole rings is 2. The summed E-state index contributed by atoms with van der Waals surface area (Å²) >= 11 is 4.23. The Morgan fingerprint density at radius 3 is 1.68 bits per heavy atom. The van der Waals surface area contributed by atoms with Crippen LogP contribution >= 0.6 is 12.6 Å². The third-order valence-electron chi connectivity index (χ3n) is 10.4. The Bertz CT molecular complexity index is 2130. The quantitative estimate of drug-likeness (QED) is 0.0234. The number of carboxylic acid groups (broad SMARTS) is 1. The molecule has 1 aromatic carbocycles. The molecule has 0 radical (unpaired) electrons. The van der Waals surface area contributed by atoms with Crippen molar-refractivity contribution in [3.05, 3.63) is 72.3 Å². The Balaban J connectivity index is 1.77. The van der Waals surface area contributed by atoms with Gasteiger partial charge in [0.1, 0.15) is 42.3 Å². The van der Waals surface area contributed by atoms with Gasteiger partial charge >= 0.3 is 5.97 Å². The maximum atomic E-state index is 14.1. The smallest absolute Gasteiger partial charge is 0.326 e. The summed E-state index contributed by atoms with van der Waals surface area (Å²) in [5.41, 5.74) is 18.5. The van der Waals surface area contributed by atoms with Crippen molar-refractivity contribution in [2.45, 2.75) is 120 Å². The van der Waals surface area contributed by atoms with Crippen molar-refractivity contribution in [1.29, 1.82) is 0 Å². The molecule has 16 N–H and O–H groups in total. The summed E-state index contributed by atoms with van der Waals surface area (Å²) in [6, 6.07) is -1.92. The van der Waals surface area contributed by atoms with E-state index in [1.54, 1.807) is 44.2 Å². The van der Waals surface area contributed by atoms with Crippen LogP contribution in [0.3, 0.4) is 0 Å². The van der Waals surface area contributed by atoms with Gasteiger partial charge in [0, 0.05) is 48.8 Å². The molecule has 2 heterocycles. The molecule has 25 heteroatoms. The highest BCUT2D eigenvalue weighted by atomic mass is 32.1. The second-order valence-electron chi connectivity index (χ2n) is 16.6. The molecule has 0 fully saturated rings. The fourth-order valence-electron chi connectivity index (χ4n) is 6.71. The van der Waals surface area contributed by atoms with Crippen molar-refractivity contribution in [2.75, 3.05) is 12.3 Å². The van der Waals surface area contributed by atoms with E-state index in [4.69, 9.17) is 17.2 Å². The zero-order valence-corrected chi connectivity index (χ0v) is 39.1. The minimum atomic E-state index is -1.54. The van der Waals surface area contributed by atoms with Crippen molar-refractivity contribution < 1.29 is 48.3 Å². The van der Waals surface area contributed by atoms with Gasteiger partial charge in [0.25, 0.3) is 0 Å². The third kappa shape index (κ3) is 19.2. The lowest BCUT2D eigenvalue weighted by molar-refractivity contribution is -0.142. The van der Waals surface area contributed by atoms with E-state index < -0.39 is 108 Å². The number of aromatic amines is 2. The number of carbonyl (C=O) groups excluding carboxylic acids is 8. The van der Waals surface area contributed by atoms with Gasteiger partial charge in [-0.15, -0.1) is 0 Å². The number of carbonyl (C=O) groups is 9. The number of rotatable bonds is 30. The van der Waals surface area contributed by atoms with Crippen LogP contribution in [0.2, 0.25) is 0 Å². The number of carboxylic acids is 1. The second-order valence-corrected chi connectivity index (χ2v) is 16.9. The summed E-state index contributed by atoms with van der Waals surface area (Å²) in [6.07, 6.45) is 6.03. The van der Waals surface area contributed by atoms with Crippen molar-refractivity contribution in [1.82, 2.24) is 57.2 Å². The number of thiol groups is 1. The van der Waals surface area contributed by atoms with Crippen LogP contribution in [0, 0.1) is 5.92 Å². The first-order chi connectivity index (χ1) is 32.3. The molecule has 3 rings (SSSR count). The predicted octanol–water partition coefficient (Wildman–Crippen LogP) is -3.03. The van der Waals surface area contributed by atoms with E-state index in [0.717, 1.165) is 0 Å². The predicted molar refractivity (Wildman–Crippen MR) is 250 cm³/mol. The normalized spacial score (nSPS) is 14.6. The monoisotopic (exact) mass is 968 g/mol. The number of nitrogens with zero attached hydrogens (tertiary/aromatic N) is 2. The maximum absolute atomic E-state index is 14.1. The molecule has 0 saturated carbocycles. The fraction of sp³-hybridized carbons (Fsp3) is 0.512. The number of H-pyrrole nitrogens is 2. The van der Waals surface area contributed by atoms with Crippen LogP contribution < -0.4 is 54.4 Å². The molecule has 0 spiro atoms. The van der Waals surface area contributed by atoms with Gasteiger partial charge in [-0.05, 0) is 50.6 Å². The number of unbranched alkanes of at least 4 members (excludes halogenated alkanes) is 1.